The number of rotatable bonds is 8. The van der Waals surface area contributed by atoms with Gasteiger partial charge in [-0.2, -0.15) is 18.4 Å². The molecule has 3 nitrogen and oxygen atoms in total. The predicted octanol–water partition coefficient (Wildman–Crippen LogP) is 8.97. The Labute approximate surface area is 217 Å². The molecular weight excluding hydrogens is 516 g/mol. The molecule has 0 saturated heterocycles. The molecule has 2 aromatic carbocycles. The van der Waals surface area contributed by atoms with Crippen molar-refractivity contribution >= 4 is 35.0 Å². The van der Waals surface area contributed by atoms with Crippen LogP contribution in [0.1, 0.15) is 42.5 Å². The predicted molar refractivity (Wildman–Crippen MR) is 135 cm³/mol. The largest absolute Gasteiger partial charge is 0.493 e. The number of ether oxygens (including phenoxy) is 1. The molecule has 0 atom stereocenters. The van der Waals surface area contributed by atoms with Crippen molar-refractivity contribution in [2.75, 3.05) is 6.61 Å². The van der Waals surface area contributed by atoms with Gasteiger partial charge in [-0.1, -0.05) is 43.1 Å². The number of hydrogen-bond acceptors (Lipinski definition) is 4. The fourth-order valence-corrected chi connectivity index (χ4v) is 4.83. The van der Waals surface area contributed by atoms with Crippen molar-refractivity contribution in [2.24, 2.45) is 5.92 Å². The molecule has 0 bridgehead atoms. The first kappa shape index (κ1) is 27.2. The van der Waals surface area contributed by atoms with Crippen molar-refractivity contribution in [2.45, 2.75) is 44.1 Å². The van der Waals surface area contributed by atoms with E-state index in [2.05, 4.69) is 18.8 Å². The van der Waals surface area contributed by atoms with E-state index in [0.717, 1.165) is 29.8 Å². The van der Waals surface area contributed by atoms with Crippen molar-refractivity contribution in [1.29, 1.82) is 5.26 Å². The molecule has 0 saturated carbocycles. The summed E-state index contributed by atoms with van der Waals surface area (Å²) >= 11 is 13.2. The SMILES string of the molecule is Cc1cc(-c2cc(C(F)(F)F)c(C#N)c(SCc3ccc(Cl)cc3Cl)n2)ccc1OCCC(C)C. The molecule has 1 aromatic heterocycles. The van der Waals surface area contributed by atoms with E-state index in [9.17, 15) is 18.4 Å². The lowest BCUT2D eigenvalue weighted by Crippen LogP contribution is -2.10. The molecular formula is C26H23Cl2F3N2OS. The van der Waals surface area contributed by atoms with Crippen molar-refractivity contribution in [3.8, 4) is 23.1 Å². The third kappa shape index (κ3) is 7.07. The Hall–Kier alpha value is -2.40. The third-order valence-electron chi connectivity index (χ3n) is 5.21. The van der Waals surface area contributed by atoms with E-state index in [1.807, 2.05) is 6.92 Å². The maximum atomic E-state index is 13.9. The Kier molecular flexibility index (Phi) is 8.98. The molecule has 0 aliphatic carbocycles. The first-order valence-corrected chi connectivity index (χ1v) is 12.6. The number of aromatic nitrogens is 1. The molecule has 0 aliphatic heterocycles. The number of aryl methyl sites for hydroxylation is 1. The molecule has 0 unspecified atom stereocenters. The highest BCUT2D eigenvalue weighted by Gasteiger charge is 2.36. The first-order valence-electron chi connectivity index (χ1n) is 10.8. The van der Waals surface area contributed by atoms with E-state index in [1.54, 1.807) is 42.5 Å². The Morgan fingerprint density at radius 2 is 1.86 bits per heavy atom. The summed E-state index contributed by atoms with van der Waals surface area (Å²) in [6.07, 6.45) is -3.82. The van der Waals surface area contributed by atoms with Gasteiger partial charge in [0.25, 0.3) is 0 Å². The minimum atomic E-state index is -4.72. The molecule has 184 valence electrons. The summed E-state index contributed by atoms with van der Waals surface area (Å²) in [5, 5.41) is 10.4. The minimum Gasteiger partial charge on any atom is -0.493 e. The molecule has 0 amide bonds. The number of hydrogen-bond donors (Lipinski definition) is 0. The Balaban J connectivity index is 1.99. The van der Waals surface area contributed by atoms with Crippen LogP contribution in [-0.2, 0) is 11.9 Å². The molecule has 0 radical (unpaired) electrons. The highest BCUT2D eigenvalue weighted by atomic mass is 35.5. The molecule has 0 spiro atoms. The molecule has 3 aromatic rings. The normalized spacial score (nSPS) is 11.5. The summed E-state index contributed by atoms with van der Waals surface area (Å²) in [7, 11) is 0. The average Bonchev–Trinajstić information content (AvgIpc) is 2.78. The van der Waals surface area contributed by atoms with Crippen LogP contribution in [0, 0.1) is 24.2 Å². The van der Waals surface area contributed by atoms with Crippen LogP contribution in [0.2, 0.25) is 10.0 Å². The minimum absolute atomic E-state index is 0.0155. The van der Waals surface area contributed by atoms with E-state index < -0.39 is 17.3 Å². The number of pyridine rings is 1. The quantitative estimate of drug-likeness (QED) is 0.268. The summed E-state index contributed by atoms with van der Waals surface area (Å²) in [5.74, 6) is 1.39. The first-order chi connectivity index (χ1) is 16.5. The molecule has 9 heteroatoms. The number of halogens is 5. The molecule has 3 rings (SSSR count). The highest BCUT2D eigenvalue weighted by molar-refractivity contribution is 7.98. The van der Waals surface area contributed by atoms with Gasteiger partial charge in [0.1, 0.15) is 16.8 Å². The van der Waals surface area contributed by atoms with Gasteiger partial charge < -0.3 is 4.74 Å². The summed E-state index contributed by atoms with van der Waals surface area (Å²) < 4.78 is 47.5. The summed E-state index contributed by atoms with van der Waals surface area (Å²) in [4.78, 5) is 4.44. The van der Waals surface area contributed by atoms with Gasteiger partial charge in [-0.3, -0.25) is 0 Å². The number of nitrogens with zero attached hydrogens (tertiary/aromatic N) is 2. The van der Waals surface area contributed by atoms with Crippen LogP contribution in [0.25, 0.3) is 11.3 Å². The topological polar surface area (TPSA) is 45.9 Å². The summed E-state index contributed by atoms with van der Waals surface area (Å²) in [6, 6.07) is 12.7. The standard InChI is InChI=1S/C26H23Cl2F3N2OS/c1-15(2)8-9-34-24-7-5-17(10-16(24)3)23-12-21(26(29,30)31)20(13-32)25(33-23)35-14-18-4-6-19(27)11-22(18)28/h4-7,10-12,15H,8-9,14H2,1-3H3. The molecule has 0 fully saturated rings. The number of benzene rings is 2. The smallest absolute Gasteiger partial charge is 0.417 e. The fraction of sp³-hybridized carbons (Fsp3) is 0.308. The van der Waals surface area contributed by atoms with Gasteiger partial charge in [0.05, 0.1) is 23.4 Å². The van der Waals surface area contributed by atoms with Crippen LogP contribution in [0.3, 0.4) is 0 Å². The van der Waals surface area contributed by atoms with E-state index in [4.69, 9.17) is 27.9 Å². The van der Waals surface area contributed by atoms with Crippen molar-refractivity contribution in [3.63, 3.8) is 0 Å². The zero-order chi connectivity index (χ0) is 25.8. The lowest BCUT2D eigenvalue weighted by atomic mass is 10.0. The average molecular weight is 539 g/mol. The number of nitriles is 1. The summed E-state index contributed by atoms with van der Waals surface area (Å²) in [5.41, 5.74) is 0.543. The maximum absolute atomic E-state index is 13.9. The Bertz CT molecular complexity index is 1260. The fourth-order valence-electron chi connectivity index (χ4n) is 3.27. The van der Waals surface area contributed by atoms with Crippen LogP contribution in [0.5, 0.6) is 5.75 Å². The highest BCUT2D eigenvalue weighted by Crippen LogP contribution is 2.39. The van der Waals surface area contributed by atoms with E-state index >= 15 is 0 Å². The van der Waals surface area contributed by atoms with Crippen molar-refractivity contribution in [3.05, 3.63) is 74.8 Å². The van der Waals surface area contributed by atoms with Gasteiger partial charge in [0, 0.05) is 21.4 Å². The van der Waals surface area contributed by atoms with Crippen LogP contribution in [-0.4, -0.2) is 11.6 Å². The van der Waals surface area contributed by atoms with Gasteiger partial charge in [-0.25, -0.2) is 4.98 Å². The molecule has 1 heterocycles. The molecule has 35 heavy (non-hydrogen) atoms. The summed E-state index contributed by atoms with van der Waals surface area (Å²) in [6.45, 7) is 6.59. The Morgan fingerprint density at radius 3 is 2.46 bits per heavy atom. The van der Waals surface area contributed by atoms with E-state index in [1.165, 1.54) is 0 Å². The van der Waals surface area contributed by atoms with E-state index in [0.29, 0.717) is 39.4 Å². The second kappa shape index (κ2) is 11.6. The zero-order valence-electron chi connectivity index (χ0n) is 19.3. The van der Waals surface area contributed by atoms with Crippen LogP contribution in [0.4, 0.5) is 13.2 Å². The lowest BCUT2D eigenvalue weighted by Gasteiger charge is -2.16. The van der Waals surface area contributed by atoms with Crippen LogP contribution < -0.4 is 4.74 Å². The van der Waals surface area contributed by atoms with Crippen molar-refractivity contribution < 1.29 is 17.9 Å². The molecule has 0 aliphatic rings. The monoisotopic (exact) mass is 538 g/mol. The Morgan fingerprint density at radius 1 is 1.11 bits per heavy atom. The number of alkyl halides is 3. The maximum Gasteiger partial charge on any atom is 0.417 e. The second-order valence-corrected chi connectivity index (χ2v) is 10.2. The number of thioether (sulfide) groups is 1. The van der Waals surface area contributed by atoms with Gasteiger partial charge >= 0.3 is 6.18 Å². The van der Waals surface area contributed by atoms with Gasteiger partial charge in [0.2, 0.25) is 0 Å². The van der Waals surface area contributed by atoms with Gasteiger partial charge in [-0.05, 0) is 66.8 Å². The molecule has 0 N–H and O–H groups in total. The zero-order valence-corrected chi connectivity index (χ0v) is 21.7. The van der Waals surface area contributed by atoms with Gasteiger partial charge in [0.15, 0.2) is 0 Å². The van der Waals surface area contributed by atoms with E-state index in [-0.39, 0.29) is 16.5 Å². The van der Waals surface area contributed by atoms with Crippen LogP contribution >= 0.6 is 35.0 Å². The second-order valence-electron chi connectivity index (χ2n) is 8.38. The third-order valence-corrected chi connectivity index (χ3v) is 6.82. The van der Waals surface area contributed by atoms with Crippen LogP contribution in [0.15, 0.2) is 47.5 Å². The van der Waals surface area contributed by atoms with Gasteiger partial charge in [-0.15, -0.1) is 11.8 Å². The lowest BCUT2D eigenvalue weighted by molar-refractivity contribution is -0.138. The van der Waals surface area contributed by atoms with Crippen molar-refractivity contribution in [1.82, 2.24) is 4.98 Å².